The van der Waals surface area contributed by atoms with Crippen LogP contribution in [0.25, 0.3) is 11.3 Å². The summed E-state index contributed by atoms with van der Waals surface area (Å²) in [4.78, 5) is 16.6. The van der Waals surface area contributed by atoms with E-state index in [0.29, 0.717) is 5.13 Å². The van der Waals surface area contributed by atoms with Gasteiger partial charge in [0.25, 0.3) is 0 Å². The van der Waals surface area contributed by atoms with E-state index in [2.05, 4.69) is 43.2 Å². The van der Waals surface area contributed by atoms with Crippen molar-refractivity contribution in [1.29, 1.82) is 0 Å². The van der Waals surface area contributed by atoms with Crippen LogP contribution in [-0.4, -0.2) is 10.9 Å². The van der Waals surface area contributed by atoms with Crippen LogP contribution in [0.1, 0.15) is 36.0 Å². The number of nitrogens with one attached hydrogen (secondary N) is 1. The predicted molar refractivity (Wildman–Crippen MR) is 87.7 cm³/mol. The standard InChI is InChI=1S/C17H20N2OS/c1-10-7-11(2)15(12(3)8-10)14-9-21-17(18-14)19-16(20)13-5-4-6-13/h7-9,13H,4-6H2,1-3H3,(H,18,19,20). The lowest BCUT2D eigenvalue weighted by molar-refractivity contribution is -0.122. The maximum absolute atomic E-state index is 12.0. The second-order valence-corrected chi connectivity index (χ2v) is 6.79. The van der Waals surface area contributed by atoms with Gasteiger partial charge < -0.3 is 5.32 Å². The normalized spacial score (nSPS) is 14.8. The van der Waals surface area contributed by atoms with Gasteiger partial charge in [0, 0.05) is 16.9 Å². The van der Waals surface area contributed by atoms with Gasteiger partial charge in [-0.05, 0) is 44.7 Å². The minimum absolute atomic E-state index is 0.125. The van der Waals surface area contributed by atoms with Crippen molar-refractivity contribution in [2.45, 2.75) is 40.0 Å². The molecule has 3 rings (SSSR count). The largest absolute Gasteiger partial charge is 0.302 e. The summed E-state index contributed by atoms with van der Waals surface area (Å²) in [6.45, 7) is 6.33. The summed E-state index contributed by atoms with van der Waals surface area (Å²) >= 11 is 1.50. The SMILES string of the molecule is Cc1cc(C)c(-c2csc(NC(=O)C3CCC3)n2)c(C)c1. The van der Waals surface area contributed by atoms with Crippen molar-refractivity contribution in [1.82, 2.24) is 4.98 Å². The number of benzene rings is 1. The number of rotatable bonds is 3. The van der Waals surface area contributed by atoms with Crippen molar-refractivity contribution in [3.05, 3.63) is 34.2 Å². The van der Waals surface area contributed by atoms with E-state index < -0.39 is 0 Å². The number of aromatic nitrogens is 1. The predicted octanol–water partition coefficient (Wildman–Crippen LogP) is 4.47. The molecule has 1 aliphatic carbocycles. The van der Waals surface area contributed by atoms with Crippen LogP contribution in [-0.2, 0) is 4.79 Å². The second-order valence-electron chi connectivity index (χ2n) is 5.93. The van der Waals surface area contributed by atoms with Crippen LogP contribution in [0, 0.1) is 26.7 Å². The minimum atomic E-state index is 0.125. The molecule has 0 bridgehead atoms. The number of anilines is 1. The zero-order valence-electron chi connectivity index (χ0n) is 12.7. The number of hydrogen-bond acceptors (Lipinski definition) is 3. The van der Waals surface area contributed by atoms with Gasteiger partial charge in [0.15, 0.2) is 5.13 Å². The van der Waals surface area contributed by atoms with Crippen molar-refractivity contribution < 1.29 is 4.79 Å². The number of thiazole rings is 1. The fourth-order valence-electron chi connectivity index (χ4n) is 2.91. The Labute approximate surface area is 129 Å². The van der Waals surface area contributed by atoms with Gasteiger partial charge in [-0.15, -0.1) is 11.3 Å². The van der Waals surface area contributed by atoms with E-state index in [1.165, 1.54) is 40.0 Å². The zero-order chi connectivity index (χ0) is 15.0. The fraction of sp³-hybridized carbons (Fsp3) is 0.412. The lowest BCUT2D eigenvalue weighted by Gasteiger charge is -2.23. The van der Waals surface area contributed by atoms with E-state index in [1.54, 1.807) is 0 Å². The molecule has 4 heteroatoms. The molecule has 1 heterocycles. The van der Waals surface area contributed by atoms with Gasteiger partial charge in [0.2, 0.25) is 5.91 Å². The molecule has 110 valence electrons. The van der Waals surface area contributed by atoms with Crippen LogP contribution >= 0.6 is 11.3 Å². The number of aryl methyl sites for hydroxylation is 3. The first-order valence-electron chi connectivity index (χ1n) is 7.39. The molecule has 1 fully saturated rings. The number of nitrogens with zero attached hydrogens (tertiary/aromatic N) is 1. The minimum Gasteiger partial charge on any atom is -0.302 e. The maximum Gasteiger partial charge on any atom is 0.229 e. The van der Waals surface area contributed by atoms with E-state index in [4.69, 9.17) is 0 Å². The average Bonchev–Trinajstić information content (AvgIpc) is 2.73. The second kappa shape index (κ2) is 5.60. The topological polar surface area (TPSA) is 42.0 Å². The molecule has 0 atom stereocenters. The highest BCUT2D eigenvalue weighted by atomic mass is 32.1. The maximum atomic E-state index is 12.0. The Morgan fingerprint density at radius 1 is 1.24 bits per heavy atom. The molecular formula is C17H20N2OS. The van der Waals surface area contributed by atoms with E-state index in [0.717, 1.165) is 18.5 Å². The van der Waals surface area contributed by atoms with Gasteiger partial charge in [-0.2, -0.15) is 0 Å². The third kappa shape index (κ3) is 2.86. The Morgan fingerprint density at radius 2 is 1.90 bits per heavy atom. The van der Waals surface area contributed by atoms with E-state index >= 15 is 0 Å². The fourth-order valence-corrected chi connectivity index (χ4v) is 3.61. The zero-order valence-corrected chi connectivity index (χ0v) is 13.5. The summed E-state index contributed by atoms with van der Waals surface area (Å²) in [5, 5.41) is 5.69. The lowest BCUT2D eigenvalue weighted by atomic mass is 9.85. The molecule has 1 aromatic carbocycles. The molecule has 21 heavy (non-hydrogen) atoms. The Bertz CT molecular complexity index is 663. The molecule has 1 saturated carbocycles. The number of amides is 1. The smallest absolute Gasteiger partial charge is 0.229 e. The third-order valence-corrected chi connectivity index (χ3v) is 4.90. The molecule has 0 saturated heterocycles. The van der Waals surface area contributed by atoms with Crippen LogP contribution in [0.2, 0.25) is 0 Å². The molecule has 0 spiro atoms. The van der Waals surface area contributed by atoms with Gasteiger partial charge in [-0.25, -0.2) is 4.98 Å². The van der Waals surface area contributed by atoms with Crippen molar-refractivity contribution >= 4 is 22.4 Å². The van der Waals surface area contributed by atoms with Gasteiger partial charge in [-0.1, -0.05) is 24.1 Å². The number of hydrogen-bond donors (Lipinski definition) is 1. The Balaban J connectivity index is 1.83. The first kappa shape index (κ1) is 14.3. The first-order valence-corrected chi connectivity index (χ1v) is 8.27. The first-order chi connectivity index (χ1) is 10.0. The van der Waals surface area contributed by atoms with Crippen molar-refractivity contribution in [3.63, 3.8) is 0 Å². The van der Waals surface area contributed by atoms with Crippen LogP contribution in [0.4, 0.5) is 5.13 Å². The molecule has 1 aliphatic rings. The third-order valence-electron chi connectivity index (χ3n) is 4.14. The summed E-state index contributed by atoms with van der Waals surface area (Å²) in [5.74, 6) is 0.319. The van der Waals surface area contributed by atoms with Crippen molar-refractivity contribution in [2.75, 3.05) is 5.32 Å². The summed E-state index contributed by atoms with van der Waals surface area (Å²) in [6.07, 6.45) is 3.20. The summed E-state index contributed by atoms with van der Waals surface area (Å²) in [5.41, 5.74) is 5.87. The van der Waals surface area contributed by atoms with Crippen molar-refractivity contribution in [2.24, 2.45) is 5.92 Å². The molecule has 1 amide bonds. The van der Waals surface area contributed by atoms with Crippen molar-refractivity contribution in [3.8, 4) is 11.3 Å². The van der Waals surface area contributed by atoms with Gasteiger partial charge >= 0.3 is 0 Å². The molecule has 1 aromatic heterocycles. The summed E-state index contributed by atoms with van der Waals surface area (Å²) in [6, 6.07) is 4.35. The highest BCUT2D eigenvalue weighted by Gasteiger charge is 2.25. The van der Waals surface area contributed by atoms with Gasteiger partial charge in [0.05, 0.1) is 5.69 Å². The van der Waals surface area contributed by atoms with Crippen LogP contribution < -0.4 is 5.32 Å². The van der Waals surface area contributed by atoms with Crippen LogP contribution in [0.5, 0.6) is 0 Å². The highest BCUT2D eigenvalue weighted by molar-refractivity contribution is 7.14. The molecular weight excluding hydrogens is 280 g/mol. The summed E-state index contributed by atoms with van der Waals surface area (Å²) < 4.78 is 0. The monoisotopic (exact) mass is 300 g/mol. The van der Waals surface area contributed by atoms with E-state index in [-0.39, 0.29) is 11.8 Å². The Kier molecular flexibility index (Phi) is 3.81. The number of carbonyl (C=O) groups excluding carboxylic acids is 1. The van der Waals surface area contributed by atoms with E-state index in [9.17, 15) is 4.79 Å². The van der Waals surface area contributed by atoms with Gasteiger partial charge in [0.1, 0.15) is 0 Å². The molecule has 0 aliphatic heterocycles. The summed E-state index contributed by atoms with van der Waals surface area (Å²) in [7, 11) is 0. The molecule has 0 radical (unpaired) electrons. The lowest BCUT2D eigenvalue weighted by Crippen LogP contribution is -2.27. The molecule has 0 unspecified atom stereocenters. The molecule has 1 N–H and O–H groups in total. The van der Waals surface area contributed by atoms with Crippen LogP contribution in [0.15, 0.2) is 17.5 Å². The Morgan fingerprint density at radius 3 is 2.48 bits per heavy atom. The highest BCUT2D eigenvalue weighted by Crippen LogP contribution is 2.32. The number of carbonyl (C=O) groups is 1. The van der Waals surface area contributed by atoms with E-state index in [1.807, 2.05) is 5.38 Å². The average molecular weight is 300 g/mol. The Hall–Kier alpha value is -1.68. The quantitative estimate of drug-likeness (QED) is 0.908. The van der Waals surface area contributed by atoms with Crippen LogP contribution in [0.3, 0.4) is 0 Å². The molecule has 3 nitrogen and oxygen atoms in total. The molecule has 2 aromatic rings. The van der Waals surface area contributed by atoms with Gasteiger partial charge in [-0.3, -0.25) is 4.79 Å².